The van der Waals surface area contributed by atoms with Crippen molar-refractivity contribution in [3.05, 3.63) is 18.2 Å². The van der Waals surface area contributed by atoms with Crippen LogP contribution in [0.4, 0.5) is 0 Å². The number of nitrogens with zero attached hydrogens (tertiary/aromatic N) is 2. The molecule has 3 nitrogen and oxygen atoms in total. The lowest BCUT2D eigenvalue weighted by Crippen LogP contribution is -2.32. The number of imidazole rings is 1. The first-order valence-corrected chi connectivity index (χ1v) is 6.92. The van der Waals surface area contributed by atoms with Crippen molar-refractivity contribution in [3.63, 3.8) is 0 Å². The van der Waals surface area contributed by atoms with Crippen LogP contribution in [0.3, 0.4) is 0 Å². The minimum absolute atomic E-state index is 0.496. The lowest BCUT2D eigenvalue weighted by molar-refractivity contribution is 0.374. The van der Waals surface area contributed by atoms with Crippen molar-refractivity contribution in [1.82, 2.24) is 14.9 Å². The molecule has 2 rings (SSSR count). The maximum Gasteiger partial charge on any atom is 0.0951 e. The molecule has 96 valence electrons. The van der Waals surface area contributed by atoms with E-state index in [0.717, 1.165) is 12.5 Å². The molecule has 1 aliphatic carbocycles. The molecule has 1 fully saturated rings. The SMILES string of the molecule is CC(C)n1cncc1CN[C@@H](C)C1CCCC1. The standard InChI is InChI=1S/C14H25N3/c1-11(2)17-10-15-8-14(17)9-16-12(3)13-6-4-5-7-13/h8,10-13,16H,4-7,9H2,1-3H3/t12-/m0/s1. The molecule has 1 saturated carbocycles. The van der Waals surface area contributed by atoms with Crippen LogP contribution in [0.25, 0.3) is 0 Å². The van der Waals surface area contributed by atoms with Gasteiger partial charge in [-0.3, -0.25) is 0 Å². The van der Waals surface area contributed by atoms with Crippen LogP contribution in [0.1, 0.15) is 58.2 Å². The minimum Gasteiger partial charge on any atom is -0.331 e. The number of hydrogen-bond donors (Lipinski definition) is 1. The van der Waals surface area contributed by atoms with Crippen molar-refractivity contribution in [2.45, 2.75) is 65.1 Å². The molecule has 1 N–H and O–H groups in total. The van der Waals surface area contributed by atoms with Crippen molar-refractivity contribution >= 4 is 0 Å². The molecule has 0 spiro atoms. The van der Waals surface area contributed by atoms with Crippen LogP contribution in [-0.2, 0) is 6.54 Å². The Labute approximate surface area is 105 Å². The second-order valence-corrected chi connectivity index (χ2v) is 5.60. The Hall–Kier alpha value is -0.830. The van der Waals surface area contributed by atoms with Crippen LogP contribution in [-0.4, -0.2) is 15.6 Å². The monoisotopic (exact) mass is 235 g/mol. The Bertz CT molecular complexity index is 337. The molecule has 0 radical (unpaired) electrons. The molecule has 1 atom stereocenters. The van der Waals surface area contributed by atoms with Gasteiger partial charge in [-0.1, -0.05) is 12.8 Å². The zero-order valence-electron chi connectivity index (χ0n) is 11.3. The zero-order valence-corrected chi connectivity index (χ0v) is 11.3. The third-order valence-electron chi connectivity index (χ3n) is 4.01. The summed E-state index contributed by atoms with van der Waals surface area (Å²) in [5.41, 5.74) is 1.30. The van der Waals surface area contributed by atoms with E-state index < -0.39 is 0 Å². The lowest BCUT2D eigenvalue weighted by atomic mass is 10.00. The van der Waals surface area contributed by atoms with E-state index in [4.69, 9.17) is 0 Å². The van der Waals surface area contributed by atoms with Gasteiger partial charge >= 0.3 is 0 Å². The molecule has 0 amide bonds. The largest absolute Gasteiger partial charge is 0.331 e. The highest BCUT2D eigenvalue weighted by Crippen LogP contribution is 2.27. The summed E-state index contributed by atoms with van der Waals surface area (Å²) in [5.74, 6) is 0.880. The molecule has 1 aliphatic rings. The first-order valence-electron chi connectivity index (χ1n) is 6.92. The van der Waals surface area contributed by atoms with Gasteiger partial charge < -0.3 is 9.88 Å². The molecular formula is C14H25N3. The molecule has 0 aromatic carbocycles. The molecule has 0 unspecified atom stereocenters. The topological polar surface area (TPSA) is 29.9 Å². The van der Waals surface area contributed by atoms with Crippen LogP contribution < -0.4 is 5.32 Å². The van der Waals surface area contributed by atoms with Crippen molar-refractivity contribution in [3.8, 4) is 0 Å². The van der Waals surface area contributed by atoms with Crippen molar-refractivity contribution in [1.29, 1.82) is 0 Å². The summed E-state index contributed by atoms with van der Waals surface area (Å²) in [6.07, 6.45) is 9.55. The fourth-order valence-corrected chi connectivity index (χ4v) is 2.82. The predicted octanol–water partition coefficient (Wildman–Crippen LogP) is 3.13. The summed E-state index contributed by atoms with van der Waals surface area (Å²) in [4.78, 5) is 4.24. The van der Waals surface area contributed by atoms with Gasteiger partial charge in [0, 0.05) is 24.8 Å². The first-order chi connectivity index (χ1) is 8.18. The summed E-state index contributed by atoms with van der Waals surface area (Å²) in [6, 6.07) is 1.13. The molecule has 3 heteroatoms. The van der Waals surface area contributed by atoms with Crippen LogP contribution in [0.2, 0.25) is 0 Å². The normalized spacial score (nSPS) is 19.1. The highest BCUT2D eigenvalue weighted by atomic mass is 15.1. The first kappa shape index (κ1) is 12.6. The third kappa shape index (κ3) is 3.09. The fraction of sp³-hybridized carbons (Fsp3) is 0.786. The van der Waals surface area contributed by atoms with Gasteiger partial charge in [0.15, 0.2) is 0 Å². The highest BCUT2D eigenvalue weighted by Gasteiger charge is 2.21. The predicted molar refractivity (Wildman–Crippen MR) is 70.9 cm³/mol. The van der Waals surface area contributed by atoms with Gasteiger partial charge in [0.2, 0.25) is 0 Å². The van der Waals surface area contributed by atoms with E-state index in [1.165, 1.54) is 31.4 Å². The molecule has 1 heterocycles. The Morgan fingerprint density at radius 2 is 2.06 bits per heavy atom. The van der Waals surface area contributed by atoms with Crippen molar-refractivity contribution in [2.24, 2.45) is 5.92 Å². The van der Waals surface area contributed by atoms with Crippen LogP contribution in [0.15, 0.2) is 12.5 Å². The number of nitrogens with one attached hydrogen (secondary N) is 1. The maximum absolute atomic E-state index is 4.24. The van der Waals surface area contributed by atoms with Gasteiger partial charge in [-0.25, -0.2) is 4.98 Å². The van der Waals surface area contributed by atoms with E-state index in [1.807, 2.05) is 12.5 Å². The van der Waals surface area contributed by atoms with Gasteiger partial charge in [-0.2, -0.15) is 0 Å². The summed E-state index contributed by atoms with van der Waals surface area (Å²) >= 11 is 0. The fourth-order valence-electron chi connectivity index (χ4n) is 2.82. The lowest BCUT2D eigenvalue weighted by Gasteiger charge is -2.21. The minimum atomic E-state index is 0.496. The van der Waals surface area contributed by atoms with Crippen LogP contribution in [0.5, 0.6) is 0 Å². The summed E-state index contributed by atoms with van der Waals surface area (Å²) in [5, 5.41) is 3.66. The molecule has 1 aromatic rings. The van der Waals surface area contributed by atoms with Crippen molar-refractivity contribution < 1.29 is 0 Å². The third-order valence-corrected chi connectivity index (χ3v) is 4.01. The van der Waals surface area contributed by atoms with Gasteiger partial charge in [-0.05, 0) is 39.5 Å². The average Bonchev–Trinajstić information content (AvgIpc) is 2.96. The molecule has 0 aliphatic heterocycles. The Balaban J connectivity index is 1.86. The van der Waals surface area contributed by atoms with Crippen LogP contribution >= 0.6 is 0 Å². The highest BCUT2D eigenvalue weighted by molar-refractivity contribution is 4.99. The van der Waals surface area contributed by atoms with E-state index in [1.54, 1.807) is 0 Å². The summed E-state index contributed by atoms with van der Waals surface area (Å²) < 4.78 is 2.24. The van der Waals surface area contributed by atoms with E-state index >= 15 is 0 Å². The molecule has 1 aromatic heterocycles. The smallest absolute Gasteiger partial charge is 0.0951 e. The van der Waals surface area contributed by atoms with Gasteiger partial charge in [-0.15, -0.1) is 0 Å². The van der Waals surface area contributed by atoms with Gasteiger partial charge in [0.05, 0.1) is 12.0 Å². The molecule has 17 heavy (non-hydrogen) atoms. The van der Waals surface area contributed by atoms with Crippen LogP contribution in [0, 0.1) is 5.92 Å². The average molecular weight is 235 g/mol. The second kappa shape index (κ2) is 5.67. The van der Waals surface area contributed by atoms with Crippen molar-refractivity contribution in [2.75, 3.05) is 0 Å². The van der Waals surface area contributed by atoms with E-state index in [9.17, 15) is 0 Å². The Morgan fingerprint density at radius 3 is 2.71 bits per heavy atom. The molecule has 0 saturated heterocycles. The van der Waals surface area contributed by atoms with E-state index in [0.29, 0.717) is 12.1 Å². The second-order valence-electron chi connectivity index (χ2n) is 5.60. The summed E-state index contributed by atoms with van der Waals surface area (Å²) in [6.45, 7) is 7.67. The van der Waals surface area contributed by atoms with Gasteiger partial charge in [0.1, 0.15) is 0 Å². The maximum atomic E-state index is 4.24. The Morgan fingerprint density at radius 1 is 1.35 bits per heavy atom. The van der Waals surface area contributed by atoms with Gasteiger partial charge in [0.25, 0.3) is 0 Å². The number of rotatable bonds is 5. The zero-order chi connectivity index (χ0) is 12.3. The Kier molecular flexibility index (Phi) is 4.21. The number of hydrogen-bond acceptors (Lipinski definition) is 2. The van der Waals surface area contributed by atoms with E-state index in [-0.39, 0.29) is 0 Å². The molecule has 0 bridgehead atoms. The number of aromatic nitrogens is 2. The molecular weight excluding hydrogens is 210 g/mol. The summed E-state index contributed by atoms with van der Waals surface area (Å²) in [7, 11) is 0. The quantitative estimate of drug-likeness (QED) is 0.849. The van der Waals surface area contributed by atoms with E-state index in [2.05, 4.69) is 35.6 Å².